The van der Waals surface area contributed by atoms with Crippen LogP contribution in [0.3, 0.4) is 0 Å². The maximum atomic E-state index is 14.5. The van der Waals surface area contributed by atoms with Gasteiger partial charge in [0.1, 0.15) is 23.3 Å². The van der Waals surface area contributed by atoms with Crippen molar-refractivity contribution < 1.29 is 26.4 Å². The average Bonchev–Trinajstić information content (AvgIpc) is 1.44. The molecule has 8 bridgehead atoms. The molecule has 2 unspecified atom stereocenters. The molecule has 1 N–H and O–H groups in total. The number of pyridine rings is 4. The van der Waals surface area contributed by atoms with Crippen molar-refractivity contribution in [3.8, 4) is 0 Å². The highest BCUT2D eigenvalue weighted by Gasteiger charge is 2.45. The van der Waals surface area contributed by atoms with Crippen molar-refractivity contribution in [2.45, 2.75) is 166 Å². The molecule has 6 aromatic rings. The summed E-state index contributed by atoms with van der Waals surface area (Å²) in [7, 11) is -8.68. The zero-order valence-corrected chi connectivity index (χ0v) is 55.2. The van der Waals surface area contributed by atoms with Crippen LogP contribution in [0.1, 0.15) is 177 Å². The van der Waals surface area contributed by atoms with E-state index >= 15 is 0 Å². The fourth-order valence-corrected chi connectivity index (χ4v) is 15.6. The zero-order valence-electron chi connectivity index (χ0n) is 53.6. The van der Waals surface area contributed by atoms with Crippen molar-refractivity contribution in [3.63, 3.8) is 0 Å². The third-order valence-corrected chi connectivity index (χ3v) is 20.7. The summed E-state index contributed by atoms with van der Waals surface area (Å²) in [6, 6.07) is 37.6. The van der Waals surface area contributed by atoms with Gasteiger partial charge in [0, 0.05) is 52.9 Å². The van der Waals surface area contributed by atoms with Crippen LogP contribution in [0.15, 0.2) is 157 Å². The number of aromatic nitrogens is 4. The van der Waals surface area contributed by atoms with Gasteiger partial charge in [0.05, 0.1) is 36.3 Å². The van der Waals surface area contributed by atoms with Gasteiger partial charge < -0.3 is 20.0 Å². The summed E-state index contributed by atoms with van der Waals surface area (Å²) in [6.07, 6.45) is 8.31. The van der Waals surface area contributed by atoms with Crippen LogP contribution in [0, 0.1) is 17.8 Å². The lowest BCUT2D eigenvalue weighted by atomic mass is 9.89. The molecule has 88 heavy (non-hydrogen) atoms. The van der Waals surface area contributed by atoms with Gasteiger partial charge >= 0.3 is 0 Å². The second kappa shape index (κ2) is 25.6. The Morgan fingerprint density at radius 1 is 0.568 bits per heavy atom. The number of benzene rings is 2. The number of hydrogen-bond donors (Lipinski definition) is 1. The second-order valence-corrected chi connectivity index (χ2v) is 31.4. The first-order valence-electron chi connectivity index (χ1n) is 31.0. The van der Waals surface area contributed by atoms with Crippen LogP contribution in [0.5, 0.6) is 0 Å². The van der Waals surface area contributed by atoms with Crippen LogP contribution in [-0.4, -0.2) is 101 Å². The highest BCUT2D eigenvalue weighted by Crippen LogP contribution is 2.45. The van der Waals surface area contributed by atoms with Gasteiger partial charge in [0.15, 0.2) is 10.1 Å². The largest absolute Gasteiger partial charge is 0.363 e. The Balaban J connectivity index is 0.000000210. The number of sulfonamides is 2. The van der Waals surface area contributed by atoms with Gasteiger partial charge in [0.25, 0.3) is 31.9 Å². The van der Waals surface area contributed by atoms with Crippen LogP contribution in [-0.2, 0) is 30.9 Å². The first-order valence-corrected chi connectivity index (χ1v) is 33.8. The lowest BCUT2D eigenvalue weighted by Gasteiger charge is -2.36. The number of hydrogen-bond acceptors (Lipinski definition) is 14. The fraction of sp³-hybridized carbons (Fsp3) is 0.457. The Bertz CT molecular complexity index is 3750. The molecule has 16 nitrogen and oxygen atoms in total. The Morgan fingerprint density at radius 2 is 1.02 bits per heavy atom. The minimum absolute atomic E-state index is 0.0137. The summed E-state index contributed by atoms with van der Waals surface area (Å²) in [4.78, 5) is 54.8. The molecule has 2 fully saturated rings. The van der Waals surface area contributed by atoms with E-state index in [9.17, 15) is 26.4 Å². The fourth-order valence-electron chi connectivity index (χ4n) is 13.0. The molecular formula is C70H90N10O6S2. The predicted octanol–water partition coefficient (Wildman–Crippen LogP) is 13.7. The smallest absolute Gasteiger partial charge is 0.284 e. The van der Waals surface area contributed by atoms with Gasteiger partial charge in [-0.15, -0.1) is 13.2 Å². The van der Waals surface area contributed by atoms with Crippen molar-refractivity contribution in [3.05, 3.63) is 180 Å². The molecule has 10 rings (SSSR count). The summed E-state index contributed by atoms with van der Waals surface area (Å²) in [5, 5.41) is 3.13. The van der Waals surface area contributed by atoms with E-state index in [1.165, 1.54) is 29.8 Å². The molecule has 4 atom stereocenters. The second-order valence-electron chi connectivity index (χ2n) is 27.8. The Kier molecular flexibility index (Phi) is 18.9. The number of amides is 2. The van der Waals surface area contributed by atoms with Crippen LogP contribution < -0.4 is 20.0 Å². The van der Waals surface area contributed by atoms with Crippen LogP contribution in [0.4, 0.5) is 23.3 Å². The standard InChI is InChI=1S/C37H49N5O3S.C33H41N5O3S/c1-9-22-42-35(43)29-19-21-31(36(4,5)6)38-34(29)41-25-27(23-37(41,7)8)18-20-30(28-14-11-10-12-15-28)40(24-26(2)3)32-16-13-17-33(39-32)46(42,44)45;1-7-20-38-31(39)25-17-19-27(32(2,3)4)35-30(25)37-22-23(21-33(37,5)6)16-18-26(24-12-9-8-10-13-24)34-28-14-11-15-29(36-28)42(38,40)41/h9-17,19,21,26-27,30H,1,18,20,22-25H2,2-8H3;7-15,17,19,23,26H,1,16,18,20-22H2,2-6H3,(H,34,36)/t27-,30?;23-,26?/m00/s1. The van der Waals surface area contributed by atoms with Gasteiger partial charge in [-0.05, 0) is 144 Å². The number of carbonyl (C=O) groups is 2. The topological polar surface area (TPSA) is 182 Å². The monoisotopic (exact) mass is 1230 g/mol. The molecule has 468 valence electrons. The predicted molar refractivity (Wildman–Crippen MR) is 353 cm³/mol. The van der Waals surface area contributed by atoms with Gasteiger partial charge in [0.2, 0.25) is 0 Å². The van der Waals surface area contributed by atoms with E-state index in [0.717, 1.165) is 77.2 Å². The van der Waals surface area contributed by atoms with Gasteiger partial charge in [-0.25, -0.2) is 28.5 Å². The molecule has 0 radical (unpaired) electrons. The molecular weight excluding hydrogens is 1140 g/mol. The lowest BCUT2D eigenvalue weighted by Crippen LogP contribution is -2.42. The van der Waals surface area contributed by atoms with Crippen LogP contribution in [0.2, 0.25) is 0 Å². The first kappa shape index (κ1) is 65.0. The molecule has 2 amide bonds. The number of nitrogens with zero attached hydrogens (tertiary/aromatic N) is 9. The van der Waals surface area contributed by atoms with Gasteiger partial charge in [-0.1, -0.05) is 140 Å². The summed E-state index contributed by atoms with van der Waals surface area (Å²) >= 11 is 0. The SMILES string of the molecule is C=CCN1C(=O)c2ccc(C(C)(C)C)nc2N2C[C@@H](CCC(c3ccccc3)N(CC(C)C)c3cccc(n3)S1(=O)=O)CC2(C)C.C=CCN1C(=O)c2ccc(C(C)(C)C)nc2N2C[C@@H](CCC(c3ccccc3)Nc3cccc(n3)S1(=O)=O)CC2(C)C. The van der Waals surface area contributed by atoms with Crippen LogP contribution in [0.25, 0.3) is 0 Å². The number of nitrogens with one attached hydrogen (secondary N) is 1. The van der Waals surface area contributed by atoms with Crippen molar-refractivity contribution in [2.24, 2.45) is 17.8 Å². The molecule has 0 saturated carbocycles. The molecule has 0 spiro atoms. The molecule has 4 aliphatic heterocycles. The molecule has 0 aliphatic carbocycles. The summed E-state index contributed by atoms with van der Waals surface area (Å²) in [6.45, 7) is 34.9. The number of carbonyl (C=O) groups excluding carboxylic acids is 2. The van der Waals surface area contributed by atoms with E-state index < -0.39 is 31.9 Å². The van der Waals surface area contributed by atoms with E-state index in [1.54, 1.807) is 30.3 Å². The average molecular weight is 1230 g/mol. The maximum Gasteiger partial charge on any atom is 0.284 e. The van der Waals surface area contributed by atoms with E-state index in [1.807, 2.05) is 42.5 Å². The minimum atomic E-state index is -4.36. The molecule has 8 heterocycles. The first-order chi connectivity index (χ1) is 41.4. The van der Waals surface area contributed by atoms with Crippen molar-refractivity contribution in [1.82, 2.24) is 28.5 Å². The van der Waals surface area contributed by atoms with E-state index in [4.69, 9.17) is 15.0 Å². The Morgan fingerprint density at radius 3 is 1.49 bits per heavy atom. The molecule has 18 heteroatoms. The maximum absolute atomic E-state index is 14.5. The van der Waals surface area contributed by atoms with Crippen molar-refractivity contribution in [2.75, 3.05) is 52.7 Å². The Labute approximate surface area is 523 Å². The summed E-state index contributed by atoms with van der Waals surface area (Å²) in [5.74, 6) is 1.81. The lowest BCUT2D eigenvalue weighted by molar-refractivity contribution is 0.0861. The van der Waals surface area contributed by atoms with E-state index in [-0.39, 0.29) is 68.3 Å². The van der Waals surface area contributed by atoms with E-state index in [2.05, 4.69) is 158 Å². The van der Waals surface area contributed by atoms with Gasteiger partial charge in [-0.3, -0.25) is 9.59 Å². The molecule has 2 saturated heterocycles. The van der Waals surface area contributed by atoms with Gasteiger partial charge in [-0.2, -0.15) is 16.8 Å². The highest BCUT2D eigenvalue weighted by atomic mass is 32.2. The van der Waals surface area contributed by atoms with Crippen molar-refractivity contribution in [1.29, 1.82) is 0 Å². The van der Waals surface area contributed by atoms with Crippen molar-refractivity contribution >= 4 is 55.1 Å². The number of rotatable bonds is 8. The third kappa shape index (κ3) is 13.9. The molecule has 4 aromatic heterocycles. The molecule has 4 aliphatic rings. The third-order valence-electron chi connectivity index (χ3n) is 17.4. The van der Waals surface area contributed by atoms with Crippen LogP contribution >= 0.6 is 0 Å². The normalized spacial score (nSPS) is 21.7. The Hall–Kier alpha value is -7.44. The van der Waals surface area contributed by atoms with E-state index in [0.29, 0.717) is 47.6 Å². The summed E-state index contributed by atoms with van der Waals surface area (Å²) < 4.78 is 58.6. The number of anilines is 4. The summed E-state index contributed by atoms with van der Waals surface area (Å²) in [5.41, 5.74) is 3.37. The highest BCUT2D eigenvalue weighted by molar-refractivity contribution is 7.90. The number of fused-ring (bicyclic) bond motifs is 12. The zero-order chi connectivity index (χ0) is 63.7. The molecule has 2 aromatic carbocycles. The quantitative estimate of drug-likeness (QED) is 0.142. The minimum Gasteiger partial charge on any atom is -0.363 e.